The lowest BCUT2D eigenvalue weighted by atomic mass is 9.88. The minimum absolute atomic E-state index is 0.0210. The molecule has 0 spiro atoms. The Bertz CT molecular complexity index is 459. The van der Waals surface area contributed by atoms with Crippen molar-refractivity contribution in [3.8, 4) is 0 Å². The number of rotatable bonds is 3. The van der Waals surface area contributed by atoms with E-state index >= 15 is 0 Å². The van der Waals surface area contributed by atoms with Crippen molar-refractivity contribution in [2.75, 3.05) is 0 Å². The van der Waals surface area contributed by atoms with Crippen LogP contribution in [0.5, 0.6) is 0 Å². The standard InChI is InChI=1S/C18H26N2O/c21-17(19-16-11-5-2-6-12-16)20-18(13-7-8-14-18)15-9-3-1-4-10-15/h1,3-4,9-10,16H,2,5-8,11-14H2,(H2,19,20,21). The summed E-state index contributed by atoms with van der Waals surface area (Å²) in [6.07, 6.45) is 10.6. The highest BCUT2D eigenvalue weighted by molar-refractivity contribution is 5.75. The van der Waals surface area contributed by atoms with Crippen LogP contribution in [0.15, 0.2) is 30.3 Å². The van der Waals surface area contributed by atoms with Gasteiger partial charge in [-0.15, -0.1) is 0 Å². The van der Waals surface area contributed by atoms with Gasteiger partial charge in [-0.3, -0.25) is 0 Å². The van der Waals surface area contributed by atoms with E-state index < -0.39 is 0 Å². The molecule has 3 nitrogen and oxygen atoms in total. The Balaban J connectivity index is 1.66. The molecule has 1 aromatic carbocycles. The van der Waals surface area contributed by atoms with Crippen molar-refractivity contribution >= 4 is 6.03 Å². The van der Waals surface area contributed by atoms with Crippen LogP contribution in [0, 0.1) is 0 Å². The van der Waals surface area contributed by atoms with E-state index in [9.17, 15) is 4.79 Å². The number of carbonyl (C=O) groups excluding carboxylic acids is 1. The number of carbonyl (C=O) groups is 1. The maximum atomic E-state index is 12.4. The molecule has 21 heavy (non-hydrogen) atoms. The molecule has 3 heteroatoms. The summed E-state index contributed by atoms with van der Waals surface area (Å²) in [7, 11) is 0. The Kier molecular flexibility index (Phi) is 4.47. The molecular formula is C18H26N2O. The van der Waals surface area contributed by atoms with Crippen LogP contribution < -0.4 is 10.6 Å². The number of hydrogen-bond donors (Lipinski definition) is 2. The lowest BCUT2D eigenvalue weighted by molar-refractivity contribution is 0.216. The topological polar surface area (TPSA) is 41.1 Å². The van der Waals surface area contributed by atoms with Gasteiger partial charge in [0.25, 0.3) is 0 Å². The second-order valence-electron chi connectivity index (χ2n) is 6.59. The third kappa shape index (κ3) is 3.39. The number of amides is 2. The van der Waals surface area contributed by atoms with Crippen molar-refractivity contribution in [2.24, 2.45) is 0 Å². The molecule has 0 unspecified atom stereocenters. The van der Waals surface area contributed by atoms with Crippen LogP contribution >= 0.6 is 0 Å². The van der Waals surface area contributed by atoms with Crippen molar-refractivity contribution in [1.29, 1.82) is 0 Å². The zero-order valence-electron chi connectivity index (χ0n) is 12.7. The van der Waals surface area contributed by atoms with Crippen LogP contribution in [-0.4, -0.2) is 12.1 Å². The molecule has 3 rings (SSSR count). The first-order valence-corrected chi connectivity index (χ1v) is 8.43. The molecule has 2 aliphatic rings. The molecule has 2 N–H and O–H groups in total. The number of nitrogens with one attached hydrogen (secondary N) is 2. The highest BCUT2D eigenvalue weighted by Crippen LogP contribution is 2.38. The molecule has 1 aromatic rings. The van der Waals surface area contributed by atoms with Gasteiger partial charge in [-0.25, -0.2) is 4.79 Å². The van der Waals surface area contributed by atoms with E-state index in [1.807, 2.05) is 6.07 Å². The lowest BCUT2D eigenvalue weighted by Crippen LogP contribution is -2.51. The summed E-state index contributed by atoms with van der Waals surface area (Å²) in [4.78, 5) is 12.4. The van der Waals surface area contributed by atoms with Crippen LogP contribution in [0.4, 0.5) is 4.79 Å². The second kappa shape index (κ2) is 6.50. The fourth-order valence-electron chi connectivity index (χ4n) is 3.91. The molecule has 2 aliphatic carbocycles. The third-order valence-electron chi connectivity index (χ3n) is 5.08. The summed E-state index contributed by atoms with van der Waals surface area (Å²) >= 11 is 0. The van der Waals surface area contributed by atoms with Crippen LogP contribution in [0.25, 0.3) is 0 Å². The average molecular weight is 286 g/mol. The fourth-order valence-corrected chi connectivity index (χ4v) is 3.91. The molecular weight excluding hydrogens is 260 g/mol. The summed E-state index contributed by atoms with van der Waals surface area (Å²) in [6, 6.07) is 10.8. The van der Waals surface area contributed by atoms with Gasteiger partial charge >= 0.3 is 6.03 Å². The molecule has 0 bridgehead atoms. The minimum atomic E-state index is -0.153. The minimum Gasteiger partial charge on any atom is -0.335 e. The van der Waals surface area contributed by atoms with E-state index in [0.717, 1.165) is 25.7 Å². The molecule has 0 atom stereocenters. The van der Waals surface area contributed by atoms with Crippen molar-refractivity contribution in [3.05, 3.63) is 35.9 Å². The van der Waals surface area contributed by atoms with Crippen molar-refractivity contribution in [1.82, 2.24) is 10.6 Å². The van der Waals surface area contributed by atoms with Crippen molar-refractivity contribution < 1.29 is 4.79 Å². The highest BCUT2D eigenvalue weighted by atomic mass is 16.2. The van der Waals surface area contributed by atoms with Gasteiger partial charge in [0, 0.05) is 6.04 Å². The normalized spacial score (nSPS) is 21.9. The predicted octanol–water partition coefficient (Wildman–Crippen LogP) is 4.09. The summed E-state index contributed by atoms with van der Waals surface area (Å²) in [6.45, 7) is 0. The largest absolute Gasteiger partial charge is 0.335 e. The smallest absolute Gasteiger partial charge is 0.315 e. The van der Waals surface area contributed by atoms with E-state index in [-0.39, 0.29) is 11.6 Å². The maximum Gasteiger partial charge on any atom is 0.315 e. The molecule has 2 fully saturated rings. The van der Waals surface area contributed by atoms with Crippen LogP contribution in [-0.2, 0) is 5.54 Å². The van der Waals surface area contributed by atoms with Crippen LogP contribution in [0.3, 0.4) is 0 Å². The summed E-state index contributed by atoms with van der Waals surface area (Å²) < 4.78 is 0. The molecule has 0 aliphatic heterocycles. The Hall–Kier alpha value is -1.51. The van der Waals surface area contributed by atoms with E-state index in [1.165, 1.54) is 37.7 Å². The lowest BCUT2D eigenvalue weighted by Gasteiger charge is -2.32. The van der Waals surface area contributed by atoms with Gasteiger partial charge in [0.05, 0.1) is 5.54 Å². The Labute approximate surface area is 127 Å². The molecule has 2 saturated carbocycles. The highest BCUT2D eigenvalue weighted by Gasteiger charge is 2.37. The first-order chi connectivity index (χ1) is 10.3. The van der Waals surface area contributed by atoms with Gasteiger partial charge in [-0.05, 0) is 31.2 Å². The first kappa shape index (κ1) is 14.4. The summed E-state index contributed by atoms with van der Waals surface area (Å²) in [5.74, 6) is 0. The number of benzene rings is 1. The maximum absolute atomic E-state index is 12.4. The van der Waals surface area contributed by atoms with Crippen molar-refractivity contribution in [3.63, 3.8) is 0 Å². The van der Waals surface area contributed by atoms with E-state index in [1.54, 1.807) is 0 Å². The quantitative estimate of drug-likeness (QED) is 0.863. The Morgan fingerprint density at radius 3 is 2.29 bits per heavy atom. The molecule has 114 valence electrons. The van der Waals surface area contributed by atoms with Gasteiger partial charge in [-0.2, -0.15) is 0 Å². The van der Waals surface area contributed by atoms with Crippen LogP contribution in [0.1, 0.15) is 63.4 Å². The molecule has 0 heterocycles. The second-order valence-corrected chi connectivity index (χ2v) is 6.59. The first-order valence-electron chi connectivity index (χ1n) is 8.43. The number of urea groups is 1. The van der Waals surface area contributed by atoms with Gasteiger partial charge in [0.15, 0.2) is 0 Å². The zero-order valence-corrected chi connectivity index (χ0v) is 12.7. The molecule has 0 aromatic heterocycles. The Morgan fingerprint density at radius 2 is 1.62 bits per heavy atom. The summed E-state index contributed by atoms with van der Waals surface area (Å²) in [5.41, 5.74) is 1.10. The average Bonchev–Trinajstić information content (AvgIpc) is 2.99. The van der Waals surface area contributed by atoms with Gasteiger partial charge in [-0.1, -0.05) is 62.4 Å². The summed E-state index contributed by atoms with van der Waals surface area (Å²) in [5, 5.41) is 6.50. The van der Waals surface area contributed by atoms with Crippen molar-refractivity contribution in [2.45, 2.75) is 69.4 Å². The van der Waals surface area contributed by atoms with E-state index in [4.69, 9.17) is 0 Å². The Morgan fingerprint density at radius 1 is 0.952 bits per heavy atom. The monoisotopic (exact) mass is 286 g/mol. The molecule has 0 saturated heterocycles. The van der Waals surface area contributed by atoms with E-state index in [2.05, 4.69) is 34.9 Å². The van der Waals surface area contributed by atoms with E-state index in [0.29, 0.717) is 6.04 Å². The molecule has 0 radical (unpaired) electrons. The third-order valence-corrected chi connectivity index (χ3v) is 5.08. The predicted molar refractivity (Wildman–Crippen MR) is 85.1 cm³/mol. The van der Waals surface area contributed by atoms with Gasteiger partial charge < -0.3 is 10.6 Å². The molecule has 2 amide bonds. The van der Waals surface area contributed by atoms with Gasteiger partial charge in [0.1, 0.15) is 0 Å². The zero-order chi connectivity index (χ0) is 14.5. The number of hydrogen-bond acceptors (Lipinski definition) is 1. The van der Waals surface area contributed by atoms with Crippen LogP contribution in [0.2, 0.25) is 0 Å². The van der Waals surface area contributed by atoms with Gasteiger partial charge in [0.2, 0.25) is 0 Å². The fraction of sp³-hybridized carbons (Fsp3) is 0.611. The SMILES string of the molecule is O=C(NC1CCCCC1)NC1(c2ccccc2)CCCC1.